The van der Waals surface area contributed by atoms with Crippen LogP contribution in [0.5, 0.6) is 0 Å². The molecule has 164 valence electrons. The highest BCUT2D eigenvalue weighted by atomic mass is 35.5. The topological polar surface area (TPSA) is 83.6 Å². The zero-order valence-electron chi connectivity index (χ0n) is 18.1. The summed E-state index contributed by atoms with van der Waals surface area (Å²) < 4.78 is 0. The molecule has 3 aromatic carbocycles. The van der Waals surface area contributed by atoms with E-state index in [0.717, 1.165) is 22.3 Å². The van der Waals surface area contributed by atoms with E-state index in [4.69, 9.17) is 17.3 Å². The molecule has 0 aromatic heterocycles. The van der Waals surface area contributed by atoms with E-state index in [0.29, 0.717) is 46.8 Å². The van der Waals surface area contributed by atoms with E-state index in [1.807, 2.05) is 38.1 Å². The number of halogens is 1. The SMILES string of the molecule is Cc1cc(-c2cccc(C(N)=O)c2C)ccc1C(=O)N1CCCC(O)c2cc(Cl)ccc21. The number of rotatable bonds is 3. The minimum atomic E-state index is -0.648. The molecule has 3 aromatic rings. The molecular weight excluding hydrogens is 424 g/mol. The van der Waals surface area contributed by atoms with Crippen molar-refractivity contribution in [3.05, 3.63) is 87.4 Å². The highest BCUT2D eigenvalue weighted by Gasteiger charge is 2.27. The van der Waals surface area contributed by atoms with Crippen molar-refractivity contribution in [2.45, 2.75) is 32.8 Å². The normalized spacial score (nSPS) is 15.8. The fourth-order valence-electron chi connectivity index (χ4n) is 4.40. The van der Waals surface area contributed by atoms with E-state index >= 15 is 0 Å². The Hall–Kier alpha value is -3.15. The molecule has 32 heavy (non-hydrogen) atoms. The molecule has 4 rings (SSSR count). The van der Waals surface area contributed by atoms with Crippen LogP contribution in [0.25, 0.3) is 11.1 Å². The molecule has 0 bridgehead atoms. The predicted octanol–water partition coefficient (Wildman–Crippen LogP) is 5.20. The molecule has 0 saturated heterocycles. The van der Waals surface area contributed by atoms with Crippen molar-refractivity contribution >= 4 is 29.1 Å². The third-order valence-corrected chi connectivity index (χ3v) is 6.35. The first kappa shape index (κ1) is 22.1. The summed E-state index contributed by atoms with van der Waals surface area (Å²) in [7, 11) is 0. The number of primary amides is 1. The van der Waals surface area contributed by atoms with E-state index in [9.17, 15) is 14.7 Å². The molecule has 3 N–H and O–H groups in total. The Balaban J connectivity index is 1.72. The summed E-state index contributed by atoms with van der Waals surface area (Å²) in [5.41, 5.74) is 11.4. The first-order valence-corrected chi connectivity index (χ1v) is 11.0. The largest absolute Gasteiger partial charge is 0.388 e. The molecule has 2 amide bonds. The second kappa shape index (κ2) is 8.77. The molecular formula is C26H25ClN2O3. The van der Waals surface area contributed by atoms with Crippen molar-refractivity contribution in [2.75, 3.05) is 11.4 Å². The zero-order valence-corrected chi connectivity index (χ0v) is 18.8. The van der Waals surface area contributed by atoms with Gasteiger partial charge in [0.05, 0.1) is 6.10 Å². The number of amides is 2. The van der Waals surface area contributed by atoms with Crippen LogP contribution in [0.2, 0.25) is 5.02 Å². The molecule has 1 heterocycles. The van der Waals surface area contributed by atoms with Crippen LogP contribution in [0.4, 0.5) is 5.69 Å². The third kappa shape index (κ3) is 4.01. The van der Waals surface area contributed by atoms with E-state index in [1.165, 1.54) is 0 Å². The Bertz CT molecular complexity index is 1220. The summed E-state index contributed by atoms with van der Waals surface area (Å²) in [4.78, 5) is 27.0. The Morgan fingerprint density at radius 2 is 1.84 bits per heavy atom. The van der Waals surface area contributed by atoms with E-state index < -0.39 is 12.0 Å². The maximum Gasteiger partial charge on any atom is 0.258 e. The van der Waals surface area contributed by atoms with Crippen molar-refractivity contribution in [1.82, 2.24) is 0 Å². The van der Waals surface area contributed by atoms with Crippen LogP contribution in [0.15, 0.2) is 54.6 Å². The Morgan fingerprint density at radius 3 is 2.56 bits per heavy atom. The number of fused-ring (bicyclic) bond motifs is 1. The van der Waals surface area contributed by atoms with Gasteiger partial charge in [-0.15, -0.1) is 0 Å². The number of aliphatic hydroxyl groups excluding tert-OH is 1. The Morgan fingerprint density at radius 1 is 1.06 bits per heavy atom. The lowest BCUT2D eigenvalue weighted by Crippen LogP contribution is -2.32. The van der Waals surface area contributed by atoms with Gasteiger partial charge in [-0.25, -0.2) is 0 Å². The average molecular weight is 449 g/mol. The molecule has 1 unspecified atom stereocenters. The van der Waals surface area contributed by atoms with E-state index in [2.05, 4.69) is 0 Å². The second-order valence-electron chi connectivity index (χ2n) is 8.19. The monoisotopic (exact) mass is 448 g/mol. The molecule has 0 radical (unpaired) electrons. The summed E-state index contributed by atoms with van der Waals surface area (Å²) in [6.45, 7) is 4.29. The van der Waals surface area contributed by atoms with Crippen molar-refractivity contribution in [2.24, 2.45) is 5.73 Å². The van der Waals surface area contributed by atoms with Crippen LogP contribution < -0.4 is 10.6 Å². The molecule has 0 saturated carbocycles. The van der Waals surface area contributed by atoms with Crippen LogP contribution in [-0.4, -0.2) is 23.5 Å². The maximum atomic E-state index is 13.5. The van der Waals surface area contributed by atoms with Gasteiger partial charge in [0.25, 0.3) is 5.91 Å². The minimum Gasteiger partial charge on any atom is -0.388 e. The van der Waals surface area contributed by atoms with E-state index in [1.54, 1.807) is 35.2 Å². The van der Waals surface area contributed by atoms with Gasteiger partial charge >= 0.3 is 0 Å². The van der Waals surface area contributed by atoms with Gasteiger partial charge in [0.2, 0.25) is 5.91 Å². The van der Waals surface area contributed by atoms with Crippen molar-refractivity contribution in [3.63, 3.8) is 0 Å². The number of aryl methyl sites for hydroxylation is 1. The highest BCUT2D eigenvalue weighted by molar-refractivity contribution is 6.30. The number of anilines is 1. The van der Waals surface area contributed by atoms with Gasteiger partial charge in [-0.3, -0.25) is 9.59 Å². The van der Waals surface area contributed by atoms with Crippen LogP contribution in [-0.2, 0) is 0 Å². The Labute approximate surface area is 192 Å². The summed E-state index contributed by atoms with van der Waals surface area (Å²) in [6.07, 6.45) is 0.616. The van der Waals surface area contributed by atoms with Crippen molar-refractivity contribution in [1.29, 1.82) is 0 Å². The Kier molecular flexibility index (Phi) is 6.04. The van der Waals surface area contributed by atoms with Gasteiger partial charge in [0.15, 0.2) is 0 Å². The number of nitrogens with two attached hydrogens (primary N) is 1. The van der Waals surface area contributed by atoms with Crippen LogP contribution in [0.3, 0.4) is 0 Å². The number of hydrogen-bond acceptors (Lipinski definition) is 3. The smallest absolute Gasteiger partial charge is 0.258 e. The first-order chi connectivity index (χ1) is 15.3. The molecule has 5 nitrogen and oxygen atoms in total. The van der Waals surface area contributed by atoms with Gasteiger partial charge < -0.3 is 15.7 Å². The van der Waals surface area contributed by atoms with Gasteiger partial charge in [0, 0.05) is 33.9 Å². The number of nitrogens with zero attached hydrogens (tertiary/aromatic N) is 1. The standard InChI is InChI=1S/C26H25ClN2O3/c1-15-13-17(20-5-3-6-21(16(20)2)25(28)31)8-10-19(15)26(32)29-12-4-7-24(30)22-14-18(27)9-11-23(22)29/h3,5-6,8-11,13-14,24,30H,4,7,12H2,1-2H3,(H2,28,31). The number of benzene rings is 3. The summed E-state index contributed by atoms with van der Waals surface area (Å²) >= 11 is 6.14. The fraction of sp³-hybridized carbons (Fsp3) is 0.231. The highest BCUT2D eigenvalue weighted by Crippen LogP contribution is 2.36. The molecule has 1 atom stereocenters. The van der Waals surface area contributed by atoms with Gasteiger partial charge in [-0.1, -0.05) is 35.9 Å². The maximum absolute atomic E-state index is 13.5. The fourth-order valence-corrected chi connectivity index (χ4v) is 4.58. The number of hydrogen-bond donors (Lipinski definition) is 2. The number of carbonyl (C=O) groups is 2. The molecule has 0 fully saturated rings. The lowest BCUT2D eigenvalue weighted by Gasteiger charge is -2.24. The lowest BCUT2D eigenvalue weighted by molar-refractivity contribution is 0.0982. The zero-order chi connectivity index (χ0) is 23.0. The van der Waals surface area contributed by atoms with Crippen LogP contribution in [0.1, 0.15) is 56.4 Å². The predicted molar refractivity (Wildman–Crippen MR) is 127 cm³/mol. The van der Waals surface area contributed by atoms with E-state index in [-0.39, 0.29) is 5.91 Å². The van der Waals surface area contributed by atoms with Crippen molar-refractivity contribution < 1.29 is 14.7 Å². The summed E-state index contributed by atoms with van der Waals surface area (Å²) in [6, 6.07) is 16.4. The summed E-state index contributed by atoms with van der Waals surface area (Å²) in [5, 5.41) is 11.0. The number of carbonyl (C=O) groups excluding carboxylic acids is 2. The molecule has 0 aliphatic carbocycles. The van der Waals surface area contributed by atoms with Gasteiger partial charge in [-0.2, -0.15) is 0 Å². The minimum absolute atomic E-state index is 0.116. The molecule has 6 heteroatoms. The number of aliphatic hydroxyl groups is 1. The van der Waals surface area contributed by atoms with Gasteiger partial charge in [0.1, 0.15) is 0 Å². The van der Waals surface area contributed by atoms with Crippen LogP contribution >= 0.6 is 11.6 Å². The van der Waals surface area contributed by atoms with Crippen molar-refractivity contribution in [3.8, 4) is 11.1 Å². The lowest BCUT2D eigenvalue weighted by atomic mass is 9.93. The molecule has 1 aliphatic rings. The molecule has 1 aliphatic heterocycles. The third-order valence-electron chi connectivity index (χ3n) is 6.11. The average Bonchev–Trinajstić information content (AvgIpc) is 2.92. The van der Waals surface area contributed by atoms with Crippen LogP contribution in [0, 0.1) is 13.8 Å². The first-order valence-electron chi connectivity index (χ1n) is 10.6. The molecule has 0 spiro atoms. The quantitative estimate of drug-likeness (QED) is 0.577. The summed E-state index contributed by atoms with van der Waals surface area (Å²) in [5.74, 6) is -0.579. The second-order valence-corrected chi connectivity index (χ2v) is 8.63. The van der Waals surface area contributed by atoms with Gasteiger partial charge in [-0.05, 0) is 79.3 Å².